The highest BCUT2D eigenvalue weighted by Gasteiger charge is 2.16. The van der Waals surface area contributed by atoms with Crippen molar-refractivity contribution in [3.8, 4) is 5.69 Å². The number of rotatable bonds is 2. The molecular weight excluding hydrogens is 277 g/mol. The van der Waals surface area contributed by atoms with Crippen LogP contribution in [0.4, 0.5) is 4.39 Å². The first-order valence-electron chi connectivity index (χ1n) is 6.27. The van der Waals surface area contributed by atoms with Crippen LogP contribution in [0.1, 0.15) is 17.0 Å². The molecule has 5 heteroatoms. The van der Waals surface area contributed by atoms with E-state index in [0.717, 1.165) is 22.3 Å². The highest BCUT2D eigenvalue weighted by Crippen LogP contribution is 2.25. The van der Waals surface area contributed by atoms with Crippen molar-refractivity contribution in [2.75, 3.05) is 0 Å². The Hall–Kier alpha value is -1.94. The molecule has 102 valence electrons. The van der Waals surface area contributed by atoms with Crippen LogP contribution in [0.15, 0.2) is 30.5 Å². The monoisotopic (exact) mass is 289 g/mol. The summed E-state index contributed by atoms with van der Waals surface area (Å²) in [4.78, 5) is 8.90. The van der Waals surface area contributed by atoms with Gasteiger partial charge in [0.25, 0.3) is 0 Å². The first-order valence-corrected chi connectivity index (χ1v) is 6.80. The van der Waals surface area contributed by atoms with Crippen LogP contribution < -0.4 is 0 Å². The van der Waals surface area contributed by atoms with Crippen molar-refractivity contribution in [2.45, 2.75) is 19.7 Å². The Labute approximate surface area is 121 Å². The van der Waals surface area contributed by atoms with E-state index < -0.39 is 0 Å². The lowest BCUT2D eigenvalue weighted by Gasteiger charge is -2.10. The molecule has 1 aromatic carbocycles. The zero-order chi connectivity index (χ0) is 14.3. The van der Waals surface area contributed by atoms with Gasteiger partial charge in [-0.3, -0.25) is 4.57 Å². The van der Waals surface area contributed by atoms with Gasteiger partial charge in [0.1, 0.15) is 17.2 Å². The van der Waals surface area contributed by atoms with Crippen LogP contribution in [-0.2, 0) is 5.88 Å². The highest BCUT2D eigenvalue weighted by molar-refractivity contribution is 6.17. The predicted molar refractivity (Wildman–Crippen MR) is 77.9 cm³/mol. The minimum Gasteiger partial charge on any atom is -0.279 e. The van der Waals surface area contributed by atoms with E-state index in [0.29, 0.717) is 11.5 Å². The maximum absolute atomic E-state index is 13.6. The zero-order valence-corrected chi connectivity index (χ0v) is 11.9. The zero-order valence-electron chi connectivity index (χ0n) is 11.2. The van der Waals surface area contributed by atoms with Crippen LogP contribution in [0.2, 0.25) is 0 Å². The Morgan fingerprint density at radius 3 is 2.75 bits per heavy atom. The molecule has 0 fully saturated rings. The number of halogens is 2. The van der Waals surface area contributed by atoms with Gasteiger partial charge in [-0.05, 0) is 43.2 Å². The molecule has 0 bridgehead atoms. The van der Waals surface area contributed by atoms with Crippen molar-refractivity contribution in [1.82, 2.24) is 14.5 Å². The Morgan fingerprint density at radius 2 is 2.00 bits per heavy atom. The average molecular weight is 290 g/mol. The molecule has 0 spiro atoms. The minimum atomic E-state index is -0.291. The molecule has 0 saturated heterocycles. The normalized spacial score (nSPS) is 11.2. The van der Waals surface area contributed by atoms with Crippen molar-refractivity contribution in [3.63, 3.8) is 0 Å². The van der Waals surface area contributed by atoms with Gasteiger partial charge in [0, 0.05) is 6.20 Å². The summed E-state index contributed by atoms with van der Waals surface area (Å²) in [6, 6.07) is 6.56. The number of benzene rings is 1. The van der Waals surface area contributed by atoms with E-state index in [1.54, 1.807) is 12.3 Å². The second-order valence-corrected chi connectivity index (χ2v) is 5.00. The summed E-state index contributed by atoms with van der Waals surface area (Å²) in [5, 5.41) is 0. The summed E-state index contributed by atoms with van der Waals surface area (Å²) in [6.45, 7) is 3.90. The SMILES string of the molecule is Cc1ccc(F)cc1-n1c(CCl)nc2c(C)ccnc21. The van der Waals surface area contributed by atoms with Gasteiger partial charge < -0.3 is 0 Å². The Bertz CT molecular complexity index is 795. The molecule has 0 unspecified atom stereocenters. The smallest absolute Gasteiger partial charge is 0.164 e. The second kappa shape index (κ2) is 4.87. The fourth-order valence-corrected chi connectivity index (χ4v) is 2.48. The molecule has 2 heterocycles. The number of hydrogen-bond donors (Lipinski definition) is 0. The first-order chi connectivity index (χ1) is 9.61. The van der Waals surface area contributed by atoms with E-state index in [1.807, 2.05) is 24.5 Å². The van der Waals surface area contributed by atoms with Crippen LogP contribution in [0.25, 0.3) is 16.9 Å². The van der Waals surface area contributed by atoms with E-state index in [1.165, 1.54) is 12.1 Å². The molecule has 0 aliphatic carbocycles. The van der Waals surface area contributed by atoms with Gasteiger partial charge in [-0.1, -0.05) is 6.07 Å². The molecule has 0 saturated carbocycles. The Kier molecular flexibility index (Phi) is 3.18. The standard InChI is InChI=1S/C15H13ClFN3/c1-9-3-4-11(17)7-12(9)20-13(8-16)19-14-10(2)5-6-18-15(14)20/h3-7H,8H2,1-2H3. The van der Waals surface area contributed by atoms with E-state index in [9.17, 15) is 4.39 Å². The van der Waals surface area contributed by atoms with Gasteiger partial charge in [0.2, 0.25) is 0 Å². The largest absolute Gasteiger partial charge is 0.279 e. The van der Waals surface area contributed by atoms with Crippen molar-refractivity contribution < 1.29 is 4.39 Å². The lowest BCUT2D eigenvalue weighted by Crippen LogP contribution is -2.03. The Balaban J connectivity index is 2.40. The van der Waals surface area contributed by atoms with E-state index in [4.69, 9.17) is 11.6 Å². The number of aryl methyl sites for hydroxylation is 2. The maximum Gasteiger partial charge on any atom is 0.164 e. The highest BCUT2D eigenvalue weighted by atomic mass is 35.5. The fourth-order valence-electron chi connectivity index (χ4n) is 2.31. The maximum atomic E-state index is 13.6. The number of pyridine rings is 1. The Morgan fingerprint density at radius 1 is 1.20 bits per heavy atom. The van der Waals surface area contributed by atoms with Crippen molar-refractivity contribution in [1.29, 1.82) is 0 Å². The van der Waals surface area contributed by atoms with Crippen LogP contribution in [0.3, 0.4) is 0 Å². The molecule has 2 aromatic heterocycles. The first kappa shape index (κ1) is 13.1. The lowest BCUT2D eigenvalue weighted by molar-refractivity contribution is 0.626. The van der Waals surface area contributed by atoms with E-state index in [2.05, 4.69) is 9.97 Å². The van der Waals surface area contributed by atoms with Crippen molar-refractivity contribution >= 4 is 22.8 Å². The summed E-state index contributed by atoms with van der Waals surface area (Å²) in [5.41, 5.74) is 4.19. The lowest BCUT2D eigenvalue weighted by atomic mass is 10.2. The quantitative estimate of drug-likeness (QED) is 0.670. The van der Waals surface area contributed by atoms with Crippen molar-refractivity contribution in [2.24, 2.45) is 0 Å². The van der Waals surface area contributed by atoms with E-state index in [-0.39, 0.29) is 11.7 Å². The summed E-state index contributed by atoms with van der Waals surface area (Å²) in [6.07, 6.45) is 1.72. The molecular formula is C15H13ClFN3. The molecule has 0 radical (unpaired) electrons. The number of nitrogens with zero attached hydrogens (tertiary/aromatic N) is 3. The van der Waals surface area contributed by atoms with Crippen LogP contribution in [0.5, 0.6) is 0 Å². The van der Waals surface area contributed by atoms with Crippen LogP contribution >= 0.6 is 11.6 Å². The van der Waals surface area contributed by atoms with Gasteiger partial charge >= 0.3 is 0 Å². The number of hydrogen-bond acceptors (Lipinski definition) is 2. The number of aromatic nitrogens is 3. The number of imidazole rings is 1. The number of alkyl halides is 1. The van der Waals surface area contributed by atoms with Crippen LogP contribution in [-0.4, -0.2) is 14.5 Å². The molecule has 0 aliphatic rings. The summed E-state index contributed by atoms with van der Waals surface area (Å²) in [7, 11) is 0. The molecule has 0 aliphatic heterocycles. The van der Waals surface area contributed by atoms with Gasteiger partial charge in [-0.2, -0.15) is 0 Å². The van der Waals surface area contributed by atoms with Gasteiger partial charge in [-0.25, -0.2) is 14.4 Å². The summed E-state index contributed by atoms with van der Waals surface area (Å²) < 4.78 is 15.4. The van der Waals surface area contributed by atoms with Crippen LogP contribution in [0, 0.1) is 19.7 Å². The van der Waals surface area contributed by atoms with Crippen molar-refractivity contribution in [3.05, 3.63) is 53.2 Å². The third kappa shape index (κ3) is 1.96. The topological polar surface area (TPSA) is 30.7 Å². The molecule has 3 nitrogen and oxygen atoms in total. The van der Waals surface area contributed by atoms with E-state index >= 15 is 0 Å². The minimum absolute atomic E-state index is 0.242. The van der Waals surface area contributed by atoms with Gasteiger partial charge in [-0.15, -0.1) is 11.6 Å². The average Bonchev–Trinajstić information content (AvgIpc) is 2.81. The van der Waals surface area contributed by atoms with Gasteiger partial charge in [0.05, 0.1) is 11.6 Å². The summed E-state index contributed by atoms with van der Waals surface area (Å²) >= 11 is 5.99. The molecule has 0 atom stereocenters. The molecule has 0 amide bonds. The molecule has 3 rings (SSSR count). The third-order valence-electron chi connectivity index (χ3n) is 3.35. The number of fused-ring (bicyclic) bond motifs is 1. The van der Waals surface area contributed by atoms with Gasteiger partial charge in [0.15, 0.2) is 5.65 Å². The molecule has 0 N–H and O–H groups in total. The molecule has 20 heavy (non-hydrogen) atoms. The second-order valence-electron chi connectivity index (χ2n) is 4.73. The fraction of sp³-hybridized carbons (Fsp3) is 0.200. The molecule has 3 aromatic rings. The summed E-state index contributed by atoms with van der Waals surface area (Å²) in [5.74, 6) is 0.615. The predicted octanol–water partition coefficient (Wildman–Crippen LogP) is 3.92. The third-order valence-corrected chi connectivity index (χ3v) is 3.59.